The molecule has 0 spiro atoms. The summed E-state index contributed by atoms with van der Waals surface area (Å²) < 4.78 is 10.8. The molecule has 0 N–H and O–H groups in total. The molecule has 0 aliphatic carbocycles. The van der Waals surface area contributed by atoms with Crippen molar-refractivity contribution in [3.63, 3.8) is 0 Å². The lowest BCUT2D eigenvalue weighted by molar-refractivity contribution is 0.414. The Bertz CT molecular complexity index is 1130. The predicted molar refractivity (Wildman–Crippen MR) is 106 cm³/mol. The molecule has 0 bridgehead atoms. The van der Waals surface area contributed by atoms with Crippen molar-refractivity contribution in [1.82, 2.24) is 15.0 Å². The summed E-state index contributed by atoms with van der Waals surface area (Å²) in [5.41, 5.74) is 4.21. The number of rotatable bonds is 4. The molecule has 0 amide bonds. The van der Waals surface area contributed by atoms with Gasteiger partial charge in [-0.15, -0.1) is 0 Å². The summed E-state index contributed by atoms with van der Waals surface area (Å²) in [7, 11) is 3.30. The summed E-state index contributed by atoms with van der Waals surface area (Å²) >= 11 is 0. The standard InChI is InChI=1S/C22H19N3O2/c1-14-11-17(27-3)13-20(23-14)22-24-19-10-5-4-9-18(19)21(25-22)15-7-6-8-16(12-15)26-2/h4-13H,1-3H3. The Kier molecular flexibility index (Phi) is 4.42. The van der Waals surface area contributed by atoms with Crippen molar-refractivity contribution < 1.29 is 9.47 Å². The lowest BCUT2D eigenvalue weighted by atomic mass is 10.1. The zero-order valence-corrected chi connectivity index (χ0v) is 15.4. The zero-order valence-electron chi connectivity index (χ0n) is 15.4. The van der Waals surface area contributed by atoms with Crippen LogP contribution in [0.2, 0.25) is 0 Å². The quantitative estimate of drug-likeness (QED) is 0.530. The number of para-hydroxylation sites is 1. The lowest BCUT2D eigenvalue weighted by Gasteiger charge is -2.11. The molecule has 2 aromatic carbocycles. The van der Waals surface area contributed by atoms with Crippen molar-refractivity contribution in [3.8, 4) is 34.3 Å². The second-order valence-electron chi connectivity index (χ2n) is 6.18. The molecule has 4 rings (SSSR count). The first-order valence-corrected chi connectivity index (χ1v) is 8.62. The van der Waals surface area contributed by atoms with Crippen LogP contribution in [0, 0.1) is 6.92 Å². The van der Waals surface area contributed by atoms with Crippen LogP contribution in [0.15, 0.2) is 60.7 Å². The van der Waals surface area contributed by atoms with E-state index < -0.39 is 0 Å². The summed E-state index contributed by atoms with van der Waals surface area (Å²) in [5.74, 6) is 2.08. The Morgan fingerprint density at radius 1 is 0.741 bits per heavy atom. The lowest BCUT2D eigenvalue weighted by Crippen LogP contribution is -1.98. The molecule has 0 fully saturated rings. The third kappa shape index (κ3) is 3.31. The van der Waals surface area contributed by atoms with Crippen molar-refractivity contribution in [1.29, 1.82) is 0 Å². The van der Waals surface area contributed by atoms with Gasteiger partial charge in [-0.2, -0.15) is 0 Å². The predicted octanol–water partition coefficient (Wildman–Crippen LogP) is 4.68. The molecule has 0 saturated heterocycles. The Balaban J connectivity index is 1.97. The third-order valence-electron chi connectivity index (χ3n) is 4.34. The largest absolute Gasteiger partial charge is 0.497 e. The van der Waals surface area contributed by atoms with Gasteiger partial charge in [0.05, 0.1) is 25.4 Å². The SMILES string of the molecule is COc1cccc(-c2nc(-c3cc(OC)cc(C)n3)nc3ccccc23)c1. The summed E-state index contributed by atoms with van der Waals surface area (Å²) in [6.07, 6.45) is 0. The van der Waals surface area contributed by atoms with E-state index in [4.69, 9.17) is 19.4 Å². The van der Waals surface area contributed by atoms with Crippen LogP contribution in [-0.4, -0.2) is 29.2 Å². The van der Waals surface area contributed by atoms with Crippen LogP contribution < -0.4 is 9.47 Å². The Hall–Kier alpha value is -3.47. The van der Waals surface area contributed by atoms with E-state index in [-0.39, 0.29) is 0 Å². The molecule has 0 unspecified atom stereocenters. The number of hydrogen-bond acceptors (Lipinski definition) is 5. The maximum atomic E-state index is 5.38. The molecular weight excluding hydrogens is 338 g/mol. The second kappa shape index (κ2) is 7.03. The first-order chi connectivity index (χ1) is 13.2. The molecule has 2 aromatic heterocycles. The highest BCUT2D eigenvalue weighted by Crippen LogP contribution is 2.31. The minimum atomic E-state index is 0.563. The highest BCUT2D eigenvalue weighted by Gasteiger charge is 2.13. The maximum absolute atomic E-state index is 5.38. The van der Waals surface area contributed by atoms with Crippen molar-refractivity contribution in [2.75, 3.05) is 14.2 Å². The minimum Gasteiger partial charge on any atom is -0.497 e. The first kappa shape index (κ1) is 17.0. The van der Waals surface area contributed by atoms with E-state index in [2.05, 4.69) is 4.98 Å². The smallest absolute Gasteiger partial charge is 0.179 e. The number of aryl methyl sites for hydroxylation is 1. The number of ether oxygens (including phenoxy) is 2. The molecule has 0 saturated carbocycles. The van der Waals surface area contributed by atoms with Gasteiger partial charge in [0.2, 0.25) is 0 Å². The molecule has 0 atom stereocenters. The van der Waals surface area contributed by atoms with E-state index in [9.17, 15) is 0 Å². The van der Waals surface area contributed by atoms with Crippen molar-refractivity contribution >= 4 is 10.9 Å². The van der Waals surface area contributed by atoms with Gasteiger partial charge in [0.25, 0.3) is 0 Å². The minimum absolute atomic E-state index is 0.563. The molecular formula is C22H19N3O2. The summed E-state index contributed by atoms with van der Waals surface area (Å²) in [4.78, 5) is 14.2. The third-order valence-corrected chi connectivity index (χ3v) is 4.34. The first-order valence-electron chi connectivity index (χ1n) is 8.62. The number of pyridine rings is 1. The van der Waals surface area contributed by atoms with Gasteiger partial charge in [-0.05, 0) is 25.1 Å². The van der Waals surface area contributed by atoms with Crippen LogP contribution in [0.3, 0.4) is 0 Å². The van der Waals surface area contributed by atoms with E-state index >= 15 is 0 Å². The number of hydrogen-bond donors (Lipinski definition) is 0. The molecule has 0 aliphatic rings. The second-order valence-corrected chi connectivity index (χ2v) is 6.18. The molecule has 5 heteroatoms. The van der Waals surface area contributed by atoms with Gasteiger partial charge in [0, 0.05) is 28.8 Å². The molecule has 27 heavy (non-hydrogen) atoms. The fourth-order valence-corrected chi connectivity index (χ4v) is 3.05. The maximum Gasteiger partial charge on any atom is 0.179 e. The molecule has 5 nitrogen and oxygen atoms in total. The molecule has 0 radical (unpaired) electrons. The highest BCUT2D eigenvalue weighted by atomic mass is 16.5. The van der Waals surface area contributed by atoms with Gasteiger partial charge in [0.15, 0.2) is 5.82 Å². The van der Waals surface area contributed by atoms with Crippen LogP contribution >= 0.6 is 0 Å². The molecule has 134 valence electrons. The van der Waals surface area contributed by atoms with E-state index in [1.54, 1.807) is 14.2 Å². The van der Waals surface area contributed by atoms with Gasteiger partial charge in [-0.3, -0.25) is 0 Å². The average molecular weight is 357 g/mol. The van der Waals surface area contributed by atoms with E-state index in [0.29, 0.717) is 11.5 Å². The van der Waals surface area contributed by atoms with Crippen LogP contribution in [0.5, 0.6) is 11.5 Å². The number of aromatic nitrogens is 3. The zero-order chi connectivity index (χ0) is 18.8. The summed E-state index contributed by atoms with van der Waals surface area (Å²) in [6.45, 7) is 1.93. The van der Waals surface area contributed by atoms with Crippen molar-refractivity contribution in [2.24, 2.45) is 0 Å². The van der Waals surface area contributed by atoms with E-state index in [1.165, 1.54) is 0 Å². The van der Waals surface area contributed by atoms with Gasteiger partial charge >= 0.3 is 0 Å². The van der Waals surface area contributed by atoms with Crippen molar-refractivity contribution in [3.05, 3.63) is 66.4 Å². The van der Waals surface area contributed by atoms with Crippen molar-refractivity contribution in [2.45, 2.75) is 6.92 Å². The normalized spacial score (nSPS) is 10.8. The topological polar surface area (TPSA) is 57.1 Å². The number of nitrogens with zero attached hydrogens (tertiary/aromatic N) is 3. The summed E-state index contributed by atoms with van der Waals surface area (Å²) in [5, 5.41) is 0.981. The highest BCUT2D eigenvalue weighted by molar-refractivity contribution is 5.93. The Morgan fingerprint density at radius 3 is 2.37 bits per heavy atom. The molecule has 0 aliphatic heterocycles. The summed E-state index contributed by atoms with van der Waals surface area (Å²) in [6, 6.07) is 19.6. The van der Waals surface area contributed by atoms with E-state index in [1.807, 2.05) is 67.6 Å². The van der Waals surface area contributed by atoms with Crippen LogP contribution in [0.25, 0.3) is 33.7 Å². The van der Waals surface area contributed by atoms with Gasteiger partial charge in [-0.1, -0.05) is 30.3 Å². The average Bonchev–Trinajstić information content (AvgIpc) is 2.72. The van der Waals surface area contributed by atoms with E-state index in [0.717, 1.165) is 39.4 Å². The monoisotopic (exact) mass is 357 g/mol. The number of methoxy groups -OCH3 is 2. The van der Waals surface area contributed by atoms with Crippen LogP contribution in [-0.2, 0) is 0 Å². The fourth-order valence-electron chi connectivity index (χ4n) is 3.05. The fraction of sp³-hybridized carbons (Fsp3) is 0.136. The van der Waals surface area contributed by atoms with Gasteiger partial charge in [-0.25, -0.2) is 15.0 Å². The van der Waals surface area contributed by atoms with Crippen LogP contribution in [0.1, 0.15) is 5.69 Å². The number of fused-ring (bicyclic) bond motifs is 1. The van der Waals surface area contributed by atoms with Gasteiger partial charge < -0.3 is 9.47 Å². The Morgan fingerprint density at radius 2 is 1.56 bits per heavy atom. The molecule has 4 aromatic rings. The number of benzene rings is 2. The Labute approximate surface area is 157 Å². The molecule has 2 heterocycles. The van der Waals surface area contributed by atoms with Crippen LogP contribution in [0.4, 0.5) is 0 Å². The van der Waals surface area contributed by atoms with Gasteiger partial charge in [0.1, 0.15) is 17.2 Å².